The quantitative estimate of drug-likeness (QED) is 0.850. The van der Waals surface area contributed by atoms with Crippen LogP contribution in [-0.4, -0.2) is 13.5 Å². The molecule has 0 fully saturated rings. The lowest BCUT2D eigenvalue weighted by atomic mass is 10.3. The first kappa shape index (κ1) is 13.3. The lowest BCUT2D eigenvalue weighted by Crippen LogP contribution is -2.11. The number of halogens is 1. The minimum Gasteiger partial charge on any atom is -0.506 e. The van der Waals surface area contributed by atoms with Gasteiger partial charge in [-0.15, -0.1) is 11.3 Å². The van der Waals surface area contributed by atoms with Crippen molar-refractivity contribution >= 4 is 27.0 Å². The first-order chi connectivity index (χ1) is 8.92. The number of phenols is 1. The standard InChI is InChI=1S/C11H7FN2O3S2/c12-7-1-3-9(10(15)5-7)14-19(16,17)11-4-2-8(6-13)18-11/h1-5,14-15H. The summed E-state index contributed by atoms with van der Waals surface area (Å²) < 4.78 is 38.7. The van der Waals surface area contributed by atoms with E-state index in [0.29, 0.717) is 0 Å². The molecule has 0 unspecified atom stereocenters. The van der Waals surface area contributed by atoms with Crippen molar-refractivity contribution in [3.05, 3.63) is 41.0 Å². The van der Waals surface area contributed by atoms with Gasteiger partial charge in [0.2, 0.25) is 0 Å². The summed E-state index contributed by atoms with van der Waals surface area (Å²) in [6, 6.07) is 7.42. The van der Waals surface area contributed by atoms with Crippen LogP contribution in [0.3, 0.4) is 0 Å². The van der Waals surface area contributed by atoms with Crippen LogP contribution < -0.4 is 4.72 Å². The number of benzene rings is 1. The van der Waals surface area contributed by atoms with Crippen LogP contribution in [0.25, 0.3) is 0 Å². The largest absolute Gasteiger partial charge is 0.506 e. The number of sulfonamides is 1. The molecule has 8 heteroatoms. The van der Waals surface area contributed by atoms with Crippen LogP contribution in [0.4, 0.5) is 10.1 Å². The summed E-state index contributed by atoms with van der Waals surface area (Å²) in [6.07, 6.45) is 0. The second kappa shape index (κ2) is 4.87. The van der Waals surface area contributed by atoms with Crippen LogP contribution in [0.5, 0.6) is 5.75 Å². The number of hydrogen-bond donors (Lipinski definition) is 2. The van der Waals surface area contributed by atoms with E-state index in [4.69, 9.17) is 5.26 Å². The van der Waals surface area contributed by atoms with Gasteiger partial charge in [0.1, 0.15) is 26.7 Å². The second-order valence-electron chi connectivity index (χ2n) is 3.50. The van der Waals surface area contributed by atoms with E-state index in [9.17, 15) is 17.9 Å². The average molecular weight is 298 g/mol. The van der Waals surface area contributed by atoms with Crippen LogP contribution in [0.2, 0.25) is 0 Å². The van der Waals surface area contributed by atoms with E-state index in [1.807, 2.05) is 6.07 Å². The van der Waals surface area contributed by atoms with E-state index in [-0.39, 0.29) is 14.8 Å². The molecule has 0 aliphatic carbocycles. The number of aromatic hydroxyl groups is 1. The molecule has 98 valence electrons. The molecule has 19 heavy (non-hydrogen) atoms. The van der Waals surface area contributed by atoms with E-state index < -0.39 is 21.6 Å². The normalized spacial score (nSPS) is 10.9. The molecule has 0 bridgehead atoms. The van der Waals surface area contributed by atoms with Crippen molar-refractivity contribution in [3.63, 3.8) is 0 Å². The first-order valence-corrected chi connectivity index (χ1v) is 7.23. The van der Waals surface area contributed by atoms with Gasteiger partial charge >= 0.3 is 0 Å². The minimum absolute atomic E-state index is 0.0622. The predicted octanol–water partition coefficient (Wildman–Crippen LogP) is 2.27. The SMILES string of the molecule is N#Cc1ccc(S(=O)(=O)Nc2ccc(F)cc2O)s1. The third-order valence-electron chi connectivity index (χ3n) is 2.16. The number of nitriles is 1. The Balaban J connectivity index is 2.34. The van der Waals surface area contributed by atoms with E-state index in [1.54, 1.807) is 0 Å². The van der Waals surface area contributed by atoms with Crippen LogP contribution in [0, 0.1) is 17.1 Å². The fourth-order valence-electron chi connectivity index (χ4n) is 1.31. The Kier molecular flexibility index (Phi) is 3.42. The number of anilines is 1. The van der Waals surface area contributed by atoms with E-state index in [0.717, 1.165) is 29.5 Å². The molecule has 0 spiro atoms. The average Bonchev–Trinajstić information content (AvgIpc) is 2.82. The number of rotatable bonds is 3. The third kappa shape index (κ3) is 2.83. The Morgan fingerprint density at radius 1 is 1.32 bits per heavy atom. The fraction of sp³-hybridized carbons (Fsp3) is 0. The highest BCUT2D eigenvalue weighted by Gasteiger charge is 2.18. The van der Waals surface area contributed by atoms with Gasteiger partial charge in [0.25, 0.3) is 10.0 Å². The van der Waals surface area contributed by atoms with Crippen LogP contribution in [0.15, 0.2) is 34.5 Å². The molecule has 0 amide bonds. The summed E-state index contributed by atoms with van der Waals surface area (Å²) in [7, 11) is -3.90. The van der Waals surface area contributed by atoms with Crippen LogP contribution in [-0.2, 0) is 10.0 Å². The molecule has 0 atom stereocenters. The van der Waals surface area contributed by atoms with Gasteiger partial charge < -0.3 is 5.11 Å². The molecule has 0 saturated carbocycles. The molecular weight excluding hydrogens is 291 g/mol. The molecular formula is C11H7FN2O3S2. The lowest BCUT2D eigenvalue weighted by Gasteiger charge is -2.07. The van der Waals surface area contributed by atoms with Gasteiger partial charge in [0.05, 0.1) is 5.69 Å². The van der Waals surface area contributed by atoms with E-state index in [2.05, 4.69) is 4.72 Å². The molecule has 2 rings (SSSR count). The molecule has 1 heterocycles. The monoisotopic (exact) mass is 298 g/mol. The summed E-state index contributed by atoms with van der Waals surface area (Å²) in [5.74, 6) is -1.19. The minimum atomic E-state index is -3.90. The fourth-order valence-corrected chi connectivity index (χ4v) is 3.49. The molecule has 1 aromatic carbocycles. The molecule has 1 aromatic heterocycles. The maximum Gasteiger partial charge on any atom is 0.271 e. The van der Waals surface area contributed by atoms with Crippen LogP contribution >= 0.6 is 11.3 Å². The van der Waals surface area contributed by atoms with Gasteiger partial charge in [-0.05, 0) is 24.3 Å². The topological polar surface area (TPSA) is 90.2 Å². The van der Waals surface area contributed by atoms with Gasteiger partial charge in [0.15, 0.2) is 0 Å². The molecule has 0 aliphatic heterocycles. The van der Waals surface area contributed by atoms with Gasteiger partial charge in [0, 0.05) is 6.07 Å². The maximum absolute atomic E-state index is 12.8. The number of phenolic OH excluding ortho intramolecular Hbond substituents is 1. The summed E-state index contributed by atoms with van der Waals surface area (Å²) in [5, 5.41) is 18.1. The second-order valence-corrected chi connectivity index (χ2v) is 6.49. The van der Waals surface area contributed by atoms with E-state index in [1.165, 1.54) is 12.1 Å². The molecule has 5 nitrogen and oxygen atoms in total. The van der Waals surface area contributed by atoms with Crippen molar-refractivity contribution in [1.82, 2.24) is 0 Å². The predicted molar refractivity (Wildman–Crippen MR) is 67.9 cm³/mol. The Morgan fingerprint density at radius 3 is 2.63 bits per heavy atom. The Bertz CT molecular complexity index is 762. The zero-order valence-corrected chi connectivity index (χ0v) is 10.9. The smallest absolute Gasteiger partial charge is 0.271 e. The summed E-state index contributed by atoms with van der Waals surface area (Å²) in [4.78, 5) is 0.253. The van der Waals surface area contributed by atoms with Gasteiger partial charge in [-0.2, -0.15) is 5.26 Å². The Morgan fingerprint density at radius 2 is 2.05 bits per heavy atom. The first-order valence-electron chi connectivity index (χ1n) is 4.93. The van der Waals surface area contributed by atoms with E-state index >= 15 is 0 Å². The lowest BCUT2D eigenvalue weighted by molar-refractivity contribution is 0.471. The Labute approximate surface area is 112 Å². The number of nitrogens with zero attached hydrogens (tertiary/aromatic N) is 1. The van der Waals surface area contributed by atoms with Gasteiger partial charge in [-0.25, -0.2) is 12.8 Å². The van der Waals surface area contributed by atoms with Crippen LogP contribution in [0.1, 0.15) is 4.88 Å². The van der Waals surface area contributed by atoms with Crippen molar-refractivity contribution in [1.29, 1.82) is 5.26 Å². The summed E-state index contributed by atoms with van der Waals surface area (Å²) in [6.45, 7) is 0. The van der Waals surface area contributed by atoms with Gasteiger partial charge in [-0.1, -0.05) is 0 Å². The zero-order valence-electron chi connectivity index (χ0n) is 9.29. The molecule has 2 aromatic rings. The Hall–Kier alpha value is -2.11. The van der Waals surface area contributed by atoms with Crippen molar-refractivity contribution in [2.24, 2.45) is 0 Å². The third-order valence-corrected chi connectivity index (χ3v) is 5.01. The number of hydrogen-bond acceptors (Lipinski definition) is 5. The molecule has 2 N–H and O–H groups in total. The van der Waals surface area contributed by atoms with Crippen molar-refractivity contribution in [2.45, 2.75) is 4.21 Å². The van der Waals surface area contributed by atoms with Gasteiger partial charge in [-0.3, -0.25) is 4.72 Å². The highest BCUT2D eigenvalue weighted by Crippen LogP contribution is 2.28. The van der Waals surface area contributed by atoms with Crippen molar-refractivity contribution < 1.29 is 17.9 Å². The molecule has 0 radical (unpaired) electrons. The highest BCUT2D eigenvalue weighted by molar-refractivity contribution is 7.94. The summed E-state index contributed by atoms with van der Waals surface area (Å²) >= 11 is 0.801. The van der Waals surface area contributed by atoms with Crippen molar-refractivity contribution in [3.8, 4) is 11.8 Å². The molecule has 0 saturated heterocycles. The number of thiophene rings is 1. The maximum atomic E-state index is 12.8. The molecule has 0 aliphatic rings. The van der Waals surface area contributed by atoms with Crippen molar-refractivity contribution in [2.75, 3.05) is 4.72 Å². The highest BCUT2D eigenvalue weighted by atomic mass is 32.2. The summed E-state index contributed by atoms with van der Waals surface area (Å²) in [5.41, 5.74) is -0.131. The number of nitrogens with one attached hydrogen (secondary N) is 1. The zero-order chi connectivity index (χ0) is 14.0.